The van der Waals surface area contributed by atoms with Crippen molar-refractivity contribution >= 4 is 23.7 Å². The first-order chi connectivity index (χ1) is 14.9. The second kappa shape index (κ2) is 9.88. The number of likely N-dealkylation sites (tertiary alicyclic amines) is 1. The number of esters is 1. The largest absolute Gasteiger partial charge is 0.452 e. The van der Waals surface area contributed by atoms with Crippen LogP contribution in [-0.4, -0.2) is 41.2 Å². The van der Waals surface area contributed by atoms with Crippen molar-refractivity contribution < 1.29 is 23.9 Å². The quantitative estimate of drug-likeness (QED) is 0.546. The van der Waals surface area contributed by atoms with Gasteiger partial charge in [-0.15, -0.1) is 0 Å². The van der Waals surface area contributed by atoms with Crippen molar-refractivity contribution in [2.24, 2.45) is 5.92 Å². The molecule has 1 aliphatic rings. The standard InChI is InChI=1S/C23H25N3O5/c1-15(17-9-5-3-6-10-17)26-14-19(13-20(26)27)23(30)31-16(2)21(28)24-25-22(29)18-11-7-4-8-12-18/h3-12,15-16,19H,13-14H2,1-2H3,(H,24,28)(H,25,29)/t15-,16-,19+/m0/s1. The van der Waals surface area contributed by atoms with Gasteiger partial charge in [-0.1, -0.05) is 48.5 Å². The lowest BCUT2D eigenvalue weighted by Gasteiger charge is -2.25. The fourth-order valence-corrected chi connectivity index (χ4v) is 3.38. The van der Waals surface area contributed by atoms with Crippen LogP contribution >= 0.6 is 0 Å². The maximum Gasteiger partial charge on any atom is 0.312 e. The van der Waals surface area contributed by atoms with Gasteiger partial charge < -0.3 is 9.64 Å². The highest BCUT2D eigenvalue weighted by atomic mass is 16.5. The summed E-state index contributed by atoms with van der Waals surface area (Å²) in [7, 11) is 0. The maximum absolute atomic E-state index is 12.5. The first-order valence-electron chi connectivity index (χ1n) is 10.1. The molecule has 0 radical (unpaired) electrons. The minimum Gasteiger partial charge on any atom is -0.452 e. The number of hydrazine groups is 1. The van der Waals surface area contributed by atoms with Crippen LogP contribution in [-0.2, 0) is 19.1 Å². The van der Waals surface area contributed by atoms with Gasteiger partial charge in [0.05, 0.1) is 12.0 Å². The SMILES string of the molecule is C[C@H](OC(=O)[C@@H]1CC(=O)N([C@@H](C)c2ccccc2)C1)C(=O)NNC(=O)c1ccccc1. The summed E-state index contributed by atoms with van der Waals surface area (Å²) in [5.41, 5.74) is 5.88. The van der Waals surface area contributed by atoms with Crippen LogP contribution in [0.4, 0.5) is 0 Å². The van der Waals surface area contributed by atoms with Crippen molar-refractivity contribution in [2.45, 2.75) is 32.4 Å². The van der Waals surface area contributed by atoms with Gasteiger partial charge in [0.25, 0.3) is 11.8 Å². The van der Waals surface area contributed by atoms with E-state index in [1.807, 2.05) is 37.3 Å². The maximum atomic E-state index is 12.5. The number of carbonyl (C=O) groups is 4. The zero-order valence-electron chi connectivity index (χ0n) is 17.4. The Bertz CT molecular complexity index is 948. The molecular weight excluding hydrogens is 398 g/mol. The number of amides is 3. The van der Waals surface area contributed by atoms with Crippen molar-refractivity contribution in [2.75, 3.05) is 6.54 Å². The molecular formula is C23H25N3O5. The minimum absolute atomic E-state index is 0.0368. The Morgan fingerprint density at radius 3 is 2.23 bits per heavy atom. The van der Waals surface area contributed by atoms with Crippen LogP contribution in [0.1, 0.15) is 42.2 Å². The molecule has 0 spiro atoms. The van der Waals surface area contributed by atoms with Gasteiger partial charge in [0.15, 0.2) is 6.10 Å². The summed E-state index contributed by atoms with van der Waals surface area (Å²) in [5.74, 6) is -2.55. The lowest BCUT2D eigenvalue weighted by atomic mass is 10.1. The number of nitrogens with one attached hydrogen (secondary N) is 2. The van der Waals surface area contributed by atoms with Crippen LogP contribution in [0.15, 0.2) is 60.7 Å². The molecule has 8 heteroatoms. The highest BCUT2D eigenvalue weighted by Crippen LogP contribution is 2.29. The van der Waals surface area contributed by atoms with Crippen LogP contribution in [0.25, 0.3) is 0 Å². The number of carbonyl (C=O) groups excluding carboxylic acids is 4. The van der Waals surface area contributed by atoms with E-state index >= 15 is 0 Å². The van der Waals surface area contributed by atoms with Crippen LogP contribution < -0.4 is 10.9 Å². The predicted octanol–water partition coefficient (Wildman–Crippen LogP) is 1.99. The van der Waals surface area contributed by atoms with E-state index in [0.717, 1.165) is 5.56 Å². The van der Waals surface area contributed by atoms with E-state index in [0.29, 0.717) is 5.56 Å². The Balaban J connectivity index is 1.49. The molecule has 0 aliphatic carbocycles. The summed E-state index contributed by atoms with van der Waals surface area (Å²) in [4.78, 5) is 50.7. The fourth-order valence-electron chi connectivity index (χ4n) is 3.38. The molecule has 0 saturated carbocycles. The van der Waals surface area contributed by atoms with E-state index in [9.17, 15) is 19.2 Å². The van der Waals surface area contributed by atoms with Crippen molar-refractivity contribution in [3.63, 3.8) is 0 Å². The lowest BCUT2D eigenvalue weighted by Crippen LogP contribution is -2.47. The molecule has 3 atom stereocenters. The zero-order chi connectivity index (χ0) is 22.4. The first-order valence-corrected chi connectivity index (χ1v) is 10.1. The van der Waals surface area contributed by atoms with E-state index in [-0.39, 0.29) is 24.9 Å². The molecule has 0 aromatic heterocycles. The van der Waals surface area contributed by atoms with E-state index < -0.39 is 29.8 Å². The molecule has 3 rings (SSSR count). The second-order valence-electron chi connectivity index (χ2n) is 7.42. The third-order valence-corrected chi connectivity index (χ3v) is 5.24. The fraction of sp³-hybridized carbons (Fsp3) is 0.304. The normalized spacial score (nSPS) is 17.5. The van der Waals surface area contributed by atoms with Gasteiger partial charge >= 0.3 is 5.97 Å². The van der Waals surface area contributed by atoms with Gasteiger partial charge in [-0.05, 0) is 31.5 Å². The third-order valence-electron chi connectivity index (χ3n) is 5.24. The van der Waals surface area contributed by atoms with E-state index in [4.69, 9.17) is 4.74 Å². The Hall–Kier alpha value is -3.68. The molecule has 1 aliphatic heterocycles. The average Bonchev–Trinajstić information content (AvgIpc) is 3.19. The Labute approximate surface area is 180 Å². The number of rotatable bonds is 6. The lowest BCUT2D eigenvalue weighted by molar-refractivity contribution is -0.158. The first kappa shape index (κ1) is 22.0. The minimum atomic E-state index is -1.13. The molecule has 1 heterocycles. The predicted molar refractivity (Wildman–Crippen MR) is 112 cm³/mol. The monoisotopic (exact) mass is 423 g/mol. The Morgan fingerprint density at radius 2 is 1.58 bits per heavy atom. The number of hydrogen-bond donors (Lipinski definition) is 2. The summed E-state index contributed by atoms with van der Waals surface area (Å²) in [5, 5.41) is 0. The van der Waals surface area contributed by atoms with Crippen molar-refractivity contribution in [3.05, 3.63) is 71.8 Å². The number of benzene rings is 2. The van der Waals surface area contributed by atoms with Crippen molar-refractivity contribution in [1.29, 1.82) is 0 Å². The smallest absolute Gasteiger partial charge is 0.312 e. The third kappa shape index (κ3) is 5.48. The molecule has 162 valence electrons. The van der Waals surface area contributed by atoms with Crippen molar-refractivity contribution in [1.82, 2.24) is 15.8 Å². The molecule has 2 N–H and O–H groups in total. The molecule has 3 amide bonds. The number of nitrogens with zero attached hydrogens (tertiary/aromatic N) is 1. The van der Waals surface area contributed by atoms with E-state index in [2.05, 4.69) is 10.9 Å². The van der Waals surface area contributed by atoms with Crippen LogP contribution in [0.3, 0.4) is 0 Å². The highest BCUT2D eigenvalue weighted by molar-refractivity contribution is 5.96. The van der Waals surface area contributed by atoms with Crippen molar-refractivity contribution in [3.8, 4) is 0 Å². The number of hydrogen-bond acceptors (Lipinski definition) is 5. The molecule has 2 aromatic rings. The summed E-state index contributed by atoms with van der Waals surface area (Å²) < 4.78 is 5.24. The Kier molecular flexibility index (Phi) is 7.02. The zero-order valence-corrected chi connectivity index (χ0v) is 17.4. The summed E-state index contributed by atoms with van der Waals surface area (Å²) >= 11 is 0. The number of ether oxygens (including phenoxy) is 1. The Morgan fingerprint density at radius 1 is 0.968 bits per heavy atom. The second-order valence-corrected chi connectivity index (χ2v) is 7.42. The molecule has 0 bridgehead atoms. The van der Waals surface area contributed by atoms with Gasteiger partial charge in [0.1, 0.15) is 0 Å². The van der Waals surface area contributed by atoms with E-state index in [1.165, 1.54) is 6.92 Å². The van der Waals surface area contributed by atoms with Gasteiger partial charge in [-0.2, -0.15) is 0 Å². The van der Waals surface area contributed by atoms with Crippen LogP contribution in [0, 0.1) is 5.92 Å². The van der Waals surface area contributed by atoms with Gasteiger partial charge in [-0.25, -0.2) is 0 Å². The molecule has 2 aromatic carbocycles. The van der Waals surface area contributed by atoms with Crippen LogP contribution in [0.2, 0.25) is 0 Å². The van der Waals surface area contributed by atoms with Crippen LogP contribution in [0.5, 0.6) is 0 Å². The molecule has 1 saturated heterocycles. The molecule has 31 heavy (non-hydrogen) atoms. The van der Waals surface area contributed by atoms with E-state index in [1.54, 1.807) is 35.2 Å². The highest BCUT2D eigenvalue weighted by Gasteiger charge is 2.38. The summed E-state index contributed by atoms with van der Waals surface area (Å²) in [6, 6.07) is 17.8. The summed E-state index contributed by atoms with van der Waals surface area (Å²) in [6.07, 6.45) is -1.09. The molecule has 8 nitrogen and oxygen atoms in total. The van der Waals surface area contributed by atoms with Gasteiger partial charge in [-0.3, -0.25) is 30.0 Å². The van der Waals surface area contributed by atoms with Gasteiger partial charge in [0.2, 0.25) is 5.91 Å². The van der Waals surface area contributed by atoms with Gasteiger partial charge in [0, 0.05) is 18.5 Å². The average molecular weight is 423 g/mol. The topological polar surface area (TPSA) is 105 Å². The molecule has 1 fully saturated rings. The molecule has 0 unspecified atom stereocenters. The summed E-state index contributed by atoms with van der Waals surface area (Å²) in [6.45, 7) is 3.54.